The maximum absolute atomic E-state index is 11.9. The number of nitrogens with zero attached hydrogens (tertiary/aromatic N) is 1. The summed E-state index contributed by atoms with van der Waals surface area (Å²) in [7, 11) is 1.44. The van der Waals surface area contributed by atoms with Crippen LogP contribution in [0.1, 0.15) is 6.92 Å². The number of hydrogen-bond donors (Lipinski definition) is 0. The summed E-state index contributed by atoms with van der Waals surface area (Å²) >= 11 is 0. The van der Waals surface area contributed by atoms with Crippen molar-refractivity contribution in [1.82, 2.24) is 0 Å². The van der Waals surface area contributed by atoms with E-state index in [0.717, 1.165) is 0 Å². The Kier molecular flexibility index (Phi) is 5.59. The summed E-state index contributed by atoms with van der Waals surface area (Å²) in [4.78, 5) is 13.4. The van der Waals surface area contributed by atoms with Gasteiger partial charge in [0.2, 0.25) is 5.91 Å². The second kappa shape index (κ2) is 6.76. The summed E-state index contributed by atoms with van der Waals surface area (Å²) in [6, 6.07) is 5.34. The number of rotatable bonds is 6. The molecule has 0 saturated carbocycles. The van der Waals surface area contributed by atoms with Crippen molar-refractivity contribution < 1.29 is 18.7 Å². The fourth-order valence-corrected chi connectivity index (χ4v) is 2.11. The Hall–Kier alpha value is -1.53. The molecule has 5 nitrogen and oxygen atoms in total. The summed E-state index contributed by atoms with van der Waals surface area (Å²) in [5, 5.41) is 0. The number of carbonyl (C=O) groups is 1. The van der Waals surface area contributed by atoms with Crippen molar-refractivity contribution in [2.24, 2.45) is 0 Å². The summed E-state index contributed by atoms with van der Waals surface area (Å²) in [5.74, 6) is 1.18. The summed E-state index contributed by atoms with van der Waals surface area (Å²) in [5.41, 5.74) is 0.651. The highest BCUT2D eigenvalue weighted by atomic mass is 28.4. The van der Waals surface area contributed by atoms with E-state index in [-0.39, 0.29) is 12.6 Å². The van der Waals surface area contributed by atoms with Gasteiger partial charge in [-0.1, -0.05) is 0 Å². The highest BCUT2D eigenvalue weighted by molar-refractivity contribution is 6.69. The lowest BCUT2D eigenvalue weighted by molar-refractivity contribution is -0.117. The lowest BCUT2D eigenvalue weighted by Gasteiger charge is -2.27. The van der Waals surface area contributed by atoms with Crippen LogP contribution in [0.4, 0.5) is 5.69 Å². The highest BCUT2D eigenvalue weighted by Crippen LogP contribution is 2.32. The van der Waals surface area contributed by atoms with Crippen LogP contribution >= 0.6 is 0 Å². The fraction of sp³-hybridized carbons (Fsp3) is 0.500. The average molecular weight is 297 g/mol. The van der Waals surface area contributed by atoms with Crippen LogP contribution in [-0.4, -0.2) is 35.2 Å². The van der Waals surface area contributed by atoms with Gasteiger partial charge in [-0.2, -0.15) is 0 Å². The van der Waals surface area contributed by atoms with Crippen molar-refractivity contribution in [3.63, 3.8) is 0 Å². The molecule has 0 heterocycles. The molecule has 0 aromatic heterocycles. The molecular formula is C14H23NO4Si. The second-order valence-electron chi connectivity index (χ2n) is 5.37. The van der Waals surface area contributed by atoms with Crippen LogP contribution in [0.5, 0.6) is 11.5 Å². The number of ether oxygens (including phenoxy) is 2. The first-order valence-electron chi connectivity index (χ1n) is 6.42. The molecule has 0 atom stereocenters. The Balaban J connectivity index is 3.10. The Morgan fingerprint density at radius 2 is 1.85 bits per heavy atom. The van der Waals surface area contributed by atoms with Gasteiger partial charge in [-0.15, -0.1) is 0 Å². The monoisotopic (exact) mass is 297 g/mol. The van der Waals surface area contributed by atoms with Crippen molar-refractivity contribution in [2.75, 3.05) is 25.9 Å². The maximum atomic E-state index is 11.9. The molecular weight excluding hydrogens is 274 g/mol. The molecule has 0 fully saturated rings. The molecule has 6 heteroatoms. The minimum atomic E-state index is -1.71. The van der Waals surface area contributed by atoms with Crippen LogP contribution in [0.2, 0.25) is 19.6 Å². The van der Waals surface area contributed by atoms with Gasteiger partial charge < -0.3 is 13.9 Å². The molecule has 1 amide bonds. The van der Waals surface area contributed by atoms with Gasteiger partial charge in [0.25, 0.3) is 0 Å². The van der Waals surface area contributed by atoms with Gasteiger partial charge >= 0.3 is 0 Å². The minimum Gasteiger partial charge on any atom is -0.497 e. The van der Waals surface area contributed by atoms with E-state index in [4.69, 9.17) is 13.9 Å². The van der Waals surface area contributed by atoms with E-state index in [9.17, 15) is 4.79 Å². The van der Waals surface area contributed by atoms with Crippen molar-refractivity contribution in [2.45, 2.75) is 26.6 Å². The van der Waals surface area contributed by atoms with E-state index in [1.807, 2.05) is 0 Å². The quantitative estimate of drug-likeness (QED) is 0.598. The standard InChI is InChI=1S/C14H23NO4Si/c1-11(16)15(10-19-20(4,5)6)13-9-12(17-2)7-8-14(13)18-3/h7-9H,10H2,1-6H3. The molecule has 0 aliphatic carbocycles. The Morgan fingerprint density at radius 1 is 1.20 bits per heavy atom. The maximum Gasteiger partial charge on any atom is 0.225 e. The van der Waals surface area contributed by atoms with Gasteiger partial charge in [0, 0.05) is 13.0 Å². The molecule has 0 spiro atoms. The average Bonchev–Trinajstić information content (AvgIpc) is 2.37. The Bertz CT molecular complexity index is 471. The van der Waals surface area contributed by atoms with E-state index in [2.05, 4.69) is 19.6 Å². The van der Waals surface area contributed by atoms with Gasteiger partial charge in [0.15, 0.2) is 8.32 Å². The summed E-state index contributed by atoms with van der Waals surface area (Å²) in [6.45, 7) is 7.96. The first-order valence-corrected chi connectivity index (χ1v) is 9.83. The largest absolute Gasteiger partial charge is 0.497 e. The SMILES string of the molecule is COc1ccc(OC)c(N(CO[Si](C)(C)C)C(C)=O)c1. The van der Waals surface area contributed by atoms with Crippen molar-refractivity contribution in [3.05, 3.63) is 18.2 Å². The minimum absolute atomic E-state index is 0.102. The fourth-order valence-electron chi connectivity index (χ4n) is 1.60. The third kappa shape index (κ3) is 4.54. The van der Waals surface area contributed by atoms with Gasteiger partial charge in [-0.05, 0) is 31.8 Å². The van der Waals surface area contributed by atoms with Crippen LogP contribution in [-0.2, 0) is 9.22 Å². The van der Waals surface area contributed by atoms with Gasteiger partial charge in [0.1, 0.15) is 18.2 Å². The topological polar surface area (TPSA) is 48.0 Å². The number of amides is 1. The molecule has 0 bridgehead atoms. The second-order valence-corrected chi connectivity index (χ2v) is 9.88. The first kappa shape index (κ1) is 16.5. The van der Waals surface area contributed by atoms with Crippen LogP contribution in [0.15, 0.2) is 18.2 Å². The predicted molar refractivity (Wildman–Crippen MR) is 82.0 cm³/mol. The molecule has 1 rings (SSSR count). The van der Waals surface area contributed by atoms with Crippen molar-refractivity contribution in [1.29, 1.82) is 0 Å². The molecule has 0 N–H and O–H groups in total. The molecule has 0 unspecified atom stereocenters. The van der Waals surface area contributed by atoms with E-state index in [1.54, 1.807) is 37.3 Å². The van der Waals surface area contributed by atoms with Crippen LogP contribution in [0.3, 0.4) is 0 Å². The summed E-state index contributed by atoms with van der Waals surface area (Å²) < 4.78 is 16.3. The zero-order chi connectivity index (χ0) is 15.3. The van der Waals surface area contributed by atoms with Crippen molar-refractivity contribution >= 4 is 19.9 Å². The zero-order valence-electron chi connectivity index (χ0n) is 13.0. The smallest absolute Gasteiger partial charge is 0.225 e. The molecule has 112 valence electrons. The molecule has 0 aliphatic rings. The van der Waals surface area contributed by atoms with Crippen LogP contribution in [0.25, 0.3) is 0 Å². The zero-order valence-corrected chi connectivity index (χ0v) is 14.0. The summed E-state index contributed by atoms with van der Waals surface area (Å²) in [6.07, 6.45) is 0. The molecule has 1 aromatic carbocycles. The van der Waals surface area contributed by atoms with E-state index in [0.29, 0.717) is 17.2 Å². The lowest BCUT2D eigenvalue weighted by atomic mass is 10.2. The normalized spacial score (nSPS) is 11.1. The third-order valence-corrected chi connectivity index (χ3v) is 3.68. The lowest BCUT2D eigenvalue weighted by Crippen LogP contribution is -2.37. The first-order chi connectivity index (χ1) is 9.28. The van der Waals surface area contributed by atoms with Gasteiger partial charge in [-0.25, -0.2) is 0 Å². The number of benzene rings is 1. The third-order valence-electron chi connectivity index (χ3n) is 2.68. The number of hydrogen-bond acceptors (Lipinski definition) is 4. The van der Waals surface area contributed by atoms with E-state index < -0.39 is 8.32 Å². The van der Waals surface area contributed by atoms with E-state index in [1.165, 1.54) is 6.92 Å². The Labute approximate surface area is 121 Å². The molecule has 0 radical (unpaired) electrons. The highest BCUT2D eigenvalue weighted by Gasteiger charge is 2.21. The number of methoxy groups -OCH3 is 2. The molecule has 20 heavy (non-hydrogen) atoms. The van der Waals surface area contributed by atoms with Crippen LogP contribution in [0, 0.1) is 0 Å². The number of carbonyl (C=O) groups excluding carboxylic acids is 1. The van der Waals surface area contributed by atoms with E-state index >= 15 is 0 Å². The predicted octanol–water partition coefficient (Wildman–Crippen LogP) is 2.87. The Morgan fingerprint density at radius 3 is 2.30 bits per heavy atom. The van der Waals surface area contributed by atoms with Gasteiger partial charge in [0.05, 0.1) is 19.9 Å². The molecule has 0 saturated heterocycles. The number of anilines is 1. The molecule has 1 aromatic rings. The van der Waals surface area contributed by atoms with Crippen LogP contribution < -0.4 is 14.4 Å². The van der Waals surface area contributed by atoms with Gasteiger partial charge in [-0.3, -0.25) is 9.69 Å². The van der Waals surface area contributed by atoms with Crippen molar-refractivity contribution in [3.8, 4) is 11.5 Å². The molecule has 0 aliphatic heterocycles.